The molecule has 0 aromatic heterocycles. The number of nitrogens with one attached hydrogen (secondary N) is 1. The van der Waals surface area contributed by atoms with Crippen LogP contribution in [0.3, 0.4) is 0 Å². The van der Waals surface area contributed by atoms with E-state index in [0.717, 1.165) is 19.6 Å². The van der Waals surface area contributed by atoms with Crippen LogP contribution in [0, 0.1) is 0 Å². The summed E-state index contributed by atoms with van der Waals surface area (Å²) in [6, 6.07) is 0. The molecular weight excluding hydrogens is 253 g/mol. The predicted octanol–water partition coefficient (Wildman–Crippen LogP) is -0.890. The Balaban J connectivity index is 0.000000360. The molecule has 1 aliphatic heterocycles. The van der Waals surface area contributed by atoms with Crippen molar-refractivity contribution in [2.45, 2.75) is 19.5 Å². The second-order valence-electron chi connectivity index (χ2n) is 3.31. The third-order valence-corrected chi connectivity index (χ3v) is 1.93. The Bertz CT molecular complexity index is 327. The standard InChI is InChI=1S/C8H14N2O.C2HF3O2/c1-3-11-7-4-8-9-5-6-10(8)2;3-2(4,5)1(6)7/h5-6H,3-4,7H2,1-2H3;(H,6,7). The molecule has 0 aromatic rings. The van der Waals surface area contributed by atoms with E-state index < -0.39 is 12.1 Å². The largest absolute Gasteiger partial charge is 0.542 e. The van der Waals surface area contributed by atoms with Gasteiger partial charge in [0.25, 0.3) is 0 Å². The number of amidine groups is 1. The second kappa shape index (κ2) is 7.83. The van der Waals surface area contributed by atoms with Crippen LogP contribution in [0.4, 0.5) is 13.2 Å². The summed E-state index contributed by atoms with van der Waals surface area (Å²) in [7, 11) is 2.08. The lowest BCUT2D eigenvalue weighted by atomic mass is 10.4. The number of nitrogens with zero attached hydrogens (tertiary/aromatic N) is 1. The van der Waals surface area contributed by atoms with Crippen LogP contribution in [0.25, 0.3) is 0 Å². The van der Waals surface area contributed by atoms with Crippen molar-refractivity contribution in [2.24, 2.45) is 4.99 Å². The molecule has 0 amide bonds. The van der Waals surface area contributed by atoms with Crippen LogP contribution in [0.5, 0.6) is 0 Å². The van der Waals surface area contributed by atoms with Gasteiger partial charge in [-0.15, -0.1) is 0 Å². The first-order valence-electron chi connectivity index (χ1n) is 5.22. The maximum absolute atomic E-state index is 10.5. The van der Waals surface area contributed by atoms with Crippen molar-refractivity contribution in [3.05, 3.63) is 12.4 Å². The number of halogens is 3. The predicted molar refractivity (Wildman–Crippen MR) is 55.6 cm³/mol. The highest BCUT2D eigenvalue weighted by Gasteiger charge is 2.28. The van der Waals surface area contributed by atoms with Gasteiger partial charge in [-0.1, -0.05) is 0 Å². The number of carboxylic acid groups (broad SMARTS) is 1. The average molecular weight is 268 g/mol. The number of aliphatic imine (C=N–C) groups is 1. The van der Waals surface area contributed by atoms with E-state index in [9.17, 15) is 13.2 Å². The summed E-state index contributed by atoms with van der Waals surface area (Å²) in [6.45, 7) is 3.58. The molecule has 0 aromatic carbocycles. The second-order valence-corrected chi connectivity index (χ2v) is 3.31. The fourth-order valence-corrected chi connectivity index (χ4v) is 1.01. The number of carbonyl (C=O) groups excluding carboxylic acids is 1. The SMILES string of the molecule is CCOCCC1=NC=C[NH+]1C.O=C([O-])C(F)(F)F. The van der Waals surface area contributed by atoms with Gasteiger partial charge in [-0.05, 0) is 6.92 Å². The van der Waals surface area contributed by atoms with Crippen LogP contribution in [0.15, 0.2) is 17.4 Å². The van der Waals surface area contributed by atoms with Crippen molar-refractivity contribution < 1.29 is 32.7 Å². The van der Waals surface area contributed by atoms with Gasteiger partial charge in [0.2, 0.25) is 5.84 Å². The summed E-state index contributed by atoms with van der Waals surface area (Å²) in [6.07, 6.45) is -0.384. The third-order valence-electron chi connectivity index (χ3n) is 1.93. The van der Waals surface area contributed by atoms with E-state index in [0.29, 0.717) is 0 Å². The molecule has 1 N–H and O–H groups in total. The zero-order chi connectivity index (χ0) is 14.2. The van der Waals surface area contributed by atoms with Gasteiger partial charge in [-0.25, -0.2) is 4.99 Å². The van der Waals surface area contributed by atoms with Crippen molar-refractivity contribution in [2.75, 3.05) is 20.3 Å². The molecule has 0 fully saturated rings. The average Bonchev–Trinajstić information content (AvgIpc) is 2.64. The van der Waals surface area contributed by atoms with E-state index in [1.165, 1.54) is 10.7 Å². The van der Waals surface area contributed by atoms with E-state index in [-0.39, 0.29) is 0 Å². The first-order valence-corrected chi connectivity index (χ1v) is 5.22. The molecule has 1 atom stereocenters. The maximum Gasteiger partial charge on any atom is 0.430 e. The number of rotatable bonds is 4. The first kappa shape index (κ1) is 16.6. The van der Waals surface area contributed by atoms with Crippen molar-refractivity contribution in [3.63, 3.8) is 0 Å². The Morgan fingerprint density at radius 3 is 2.44 bits per heavy atom. The first-order chi connectivity index (χ1) is 8.29. The minimum Gasteiger partial charge on any atom is -0.542 e. The molecule has 1 aliphatic rings. The number of aliphatic carboxylic acids is 1. The Morgan fingerprint density at radius 1 is 1.56 bits per heavy atom. The quantitative estimate of drug-likeness (QED) is 0.673. The fourth-order valence-electron chi connectivity index (χ4n) is 1.01. The van der Waals surface area contributed by atoms with Crippen LogP contribution in [-0.4, -0.2) is 38.2 Å². The van der Waals surface area contributed by atoms with E-state index in [2.05, 4.69) is 12.0 Å². The Kier molecular flexibility index (Phi) is 7.21. The lowest BCUT2D eigenvalue weighted by Crippen LogP contribution is -3.06. The van der Waals surface area contributed by atoms with Gasteiger partial charge in [-0.2, -0.15) is 13.2 Å². The summed E-state index contributed by atoms with van der Waals surface area (Å²) in [5, 5.41) is 8.78. The molecule has 0 spiro atoms. The van der Waals surface area contributed by atoms with Gasteiger partial charge in [0.15, 0.2) is 0 Å². The minimum absolute atomic E-state index is 0.786. The molecule has 1 unspecified atom stereocenters. The van der Waals surface area contributed by atoms with Gasteiger partial charge >= 0.3 is 6.18 Å². The van der Waals surface area contributed by atoms with Crippen LogP contribution >= 0.6 is 0 Å². The maximum atomic E-state index is 10.5. The molecule has 1 rings (SSSR count). The number of quaternary nitrogens is 1. The smallest absolute Gasteiger partial charge is 0.430 e. The number of hydrogen-bond donors (Lipinski definition) is 1. The van der Waals surface area contributed by atoms with Crippen molar-refractivity contribution in [3.8, 4) is 0 Å². The van der Waals surface area contributed by atoms with Crippen LogP contribution in [0.1, 0.15) is 13.3 Å². The normalized spacial score (nSPS) is 18.1. The lowest BCUT2D eigenvalue weighted by Gasteiger charge is -2.05. The number of hydrogen-bond acceptors (Lipinski definition) is 4. The minimum atomic E-state index is -5.19. The molecule has 5 nitrogen and oxygen atoms in total. The number of carbonyl (C=O) groups is 1. The molecule has 0 saturated carbocycles. The molecule has 0 bridgehead atoms. The van der Waals surface area contributed by atoms with Crippen molar-refractivity contribution in [1.29, 1.82) is 0 Å². The summed E-state index contributed by atoms with van der Waals surface area (Å²) in [5.41, 5.74) is 0. The molecule has 104 valence electrons. The van der Waals surface area contributed by atoms with Gasteiger partial charge < -0.3 is 14.6 Å². The lowest BCUT2D eigenvalue weighted by molar-refractivity contribution is -0.719. The number of ether oxygens (including phenoxy) is 1. The zero-order valence-corrected chi connectivity index (χ0v) is 10.1. The van der Waals surface area contributed by atoms with Crippen molar-refractivity contribution in [1.82, 2.24) is 0 Å². The van der Waals surface area contributed by atoms with E-state index >= 15 is 0 Å². The van der Waals surface area contributed by atoms with E-state index in [4.69, 9.17) is 14.6 Å². The van der Waals surface area contributed by atoms with Crippen molar-refractivity contribution >= 4 is 11.8 Å². The van der Waals surface area contributed by atoms with Gasteiger partial charge in [0.1, 0.15) is 12.2 Å². The molecular formula is C10H15F3N2O3. The Labute approximate surface area is 103 Å². The summed E-state index contributed by atoms with van der Waals surface area (Å²) in [5.74, 6) is -1.84. The fraction of sp³-hybridized carbons (Fsp3) is 0.600. The molecule has 0 aliphatic carbocycles. The zero-order valence-electron chi connectivity index (χ0n) is 10.1. The number of alkyl halides is 3. The monoisotopic (exact) mass is 268 g/mol. The van der Waals surface area contributed by atoms with Crippen LogP contribution < -0.4 is 10.0 Å². The van der Waals surface area contributed by atoms with Crippen LogP contribution in [-0.2, 0) is 9.53 Å². The van der Waals surface area contributed by atoms with Gasteiger partial charge in [0, 0.05) is 6.61 Å². The Morgan fingerprint density at radius 2 is 2.11 bits per heavy atom. The molecule has 1 heterocycles. The summed E-state index contributed by atoms with van der Waals surface area (Å²) < 4.78 is 36.8. The van der Waals surface area contributed by atoms with E-state index in [1.54, 1.807) is 0 Å². The highest BCUT2D eigenvalue weighted by atomic mass is 19.4. The Hall–Kier alpha value is -1.41. The highest BCUT2D eigenvalue weighted by molar-refractivity contribution is 5.75. The summed E-state index contributed by atoms with van der Waals surface area (Å²) >= 11 is 0. The molecule has 18 heavy (non-hydrogen) atoms. The molecule has 0 radical (unpaired) electrons. The van der Waals surface area contributed by atoms with Crippen LogP contribution in [0.2, 0.25) is 0 Å². The van der Waals surface area contributed by atoms with E-state index in [1.807, 2.05) is 19.3 Å². The number of carboxylic acids is 1. The topological polar surface area (TPSA) is 66.2 Å². The molecule has 8 heteroatoms. The highest BCUT2D eigenvalue weighted by Crippen LogP contribution is 2.11. The third kappa shape index (κ3) is 7.02. The van der Waals surface area contributed by atoms with Gasteiger partial charge in [0.05, 0.1) is 26.3 Å². The van der Waals surface area contributed by atoms with Gasteiger partial charge in [-0.3, -0.25) is 4.90 Å². The summed E-state index contributed by atoms with van der Waals surface area (Å²) in [4.78, 5) is 14.3. The molecule has 0 saturated heterocycles.